The molecule has 2 heterocycles. The third-order valence-electron chi connectivity index (χ3n) is 12.1. The fourth-order valence-electron chi connectivity index (χ4n) is 8.56. The Morgan fingerprint density at radius 2 is 1.22 bits per heavy atom. The first kappa shape index (κ1) is 40.4. The zero-order valence-corrected chi connectivity index (χ0v) is 39.9. The second-order valence-electron chi connectivity index (χ2n) is 18.8. The molecule has 0 fully saturated rings. The molecule has 1 N–H and O–H groups in total. The molecule has 0 bridgehead atoms. The molecule has 0 spiro atoms. The number of imidazole rings is 1. The van der Waals surface area contributed by atoms with Gasteiger partial charge in [0.15, 0.2) is 0 Å². The monoisotopic (exact) mass is 1020 g/mol. The van der Waals surface area contributed by atoms with Gasteiger partial charge in [-0.25, -0.2) is 4.98 Å². The number of aromatic hydroxyl groups is 1. The van der Waals surface area contributed by atoms with E-state index in [1.54, 1.807) is 0 Å². The largest absolute Gasteiger partial charge is 0.507 e. The van der Waals surface area contributed by atoms with Gasteiger partial charge in [-0.2, -0.15) is 0 Å². The molecule has 0 aliphatic carbocycles. The quantitative estimate of drug-likeness (QED) is 0.162. The Morgan fingerprint density at radius 1 is 0.562 bits per heavy atom. The molecule has 322 valence electrons. The van der Waals surface area contributed by atoms with E-state index in [1.165, 1.54) is 5.56 Å². The molecule has 7 aromatic carbocycles. The summed E-state index contributed by atoms with van der Waals surface area (Å²) < 4.78 is 28.7. The number of phenols is 1. The fourth-order valence-corrected chi connectivity index (χ4v) is 8.56. The number of phenolic OH excluding ortho intramolecular Hbond substituents is 1. The van der Waals surface area contributed by atoms with E-state index < -0.39 is 6.85 Å². The van der Waals surface area contributed by atoms with Crippen LogP contribution < -0.4 is 0 Å². The maximum Gasteiger partial charge on any atom is 0.148 e. The van der Waals surface area contributed by atoms with Crippen LogP contribution in [0.3, 0.4) is 0 Å². The standard InChI is InChI=1S/C59H54N3O.Pt/c1-37-29-39(3)56(63)51(30-37)57-61-55-48(44-32-45(34-47(33-44)59(7,8)9)52-35-43(27-28-60-52)40-17-12-10-13-18-40)21-16-22-53(55)62(57)54-36-49(41-19-14-11-15-20-41)38(2)31-50(54)42-23-25-46(26-24-42)58(4,5)6;/h10-31,33-36,63H,1-9H3;/q-1;/i2D3;. The summed E-state index contributed by atoms with van der Waals surface area (Å²) in [5.74, 6) is 0.657. The predicted molar refractivity (Wildman–Crippen MR) is 264 cm³/mol. The van der Waals surface area contributed by atoms with E-state index in [0.717, 1.165) is 78.1 Å². The summed E-state index contributed by atoms with van der Waals surface area (Å²) in [6, 6.07) is 54.7. The topological polar surface area (TPSA) is 50.9 Å². The van der Waals surface area contributed by atoms with Crippen molar-refractivity contribution in [2.24, 2.45) is 0 Å². The third-order valence-corrected chi connectivity index (χ3v) is 12.1. The molecule has 0 atom stereocenters. The van der Waals surface area contributed by atoms with E-state index in [0.29, 0.717) is 22.5 Å². The van der Waals surface area contributed by atoms with Crippen molar-refractivity contribution in [1.29, 1.82) is 0 Å². The second kappa shape index (κ2) is 17.3. The molecule has 5 heteroatoms. The first-order chi connectivity index (χ1) is 31.3. The minimum atomic E-state index is -2.43. The number of rotatable bonds is 7. The van der Waals surface area contributed by atoms with Gasteiger partial charge in [-0.15, -0.1) is 29.3 Å². The van der Waals surface area contributed by atoms with Crippen LogP contribution in [-0.4, -0.2) is 19.6 Å². The van der Waals surface area contributed by atoms with Crippen molar-refractivity contribution < 1.29 is 30.3 Å². The van der Waals surface area contributed by atoms with E-state index in [4.69, 9.17) is 14.1 Å². The average Bonchev–Trinajstić information content (AvgIpc) is 3.69. The smallest absolute Gasteiger partial charge is 0.148 e. The summed E-state index contributed by atoms with van der Waals surface area (Å²) in [5, 5.41) is 12.0. The maximum atomic E-state index is 12.0. The molecule has 0 unspecified atom stereocenters. The molecule has 4 nitrogen and oxygen atoms in total. The van der Waals surface area contributed by atoms with E-state index in [9.17, 15) is 5.11 Å². The van der Waals surface area contributed by atoms with Crippen LogP contribution in [0.4, 0.5) is 0 Å². The van der Waals surface area contributed by atoms with Crippen molar-refractivity contribution in [2.75, 3.05) is 0 Å². The van der Waals surface area contributed by atoms with Crippen molar-refractivity contribution in [2.45, 2.75) is 73.1 Å². The molecule has 64 heavy (non-hydrogen) atoms. The van der Waals surface area contributed by atoms with Gasteiger partial charge < -0.3 is 5.11 Å². The zero-order valence-electron chi connectivity index (χ0n) is 40.6. The third kappa shape index (κ3) is 8.52. The van der Waals surface area contributed by atoms with Gasteiger partial charge in [-0.3, -0.25) is 9.55 Å². The Balaban J connectivity index is 0.00000608. The first-order valence-electron chi connectivity index (χ1n) is 23.1. The van der Waals surface area contributed by atoms with Crippen molar-refractivity contribution >= 4 is 11.0 Å². The number of nitrogens with zero attached hydrogens (tertiary/aromatic N) is 3. The summed E-state index contributed by atoms with van der Waals surface area (Å²) in [6.07, 6.45) is 1.86. The Labute approximate surface area is 397 Å². The average molecular weight is 1020 g/mol. The number of benzene rings is 7. The molecule has 2 aromatic heterocycles. The van der Waals surface area contributed by atoms with Crippen molar-refractivity contribution in [3.05, 3.63) is 192 Å². The summed E-state index contributed by atoms with van der Waals surface area (Å²) in [5.41, 5.74) is 15.3. The number of aryl methyl sites for hydroxylation is 3. The normalized spacial score (nSPS) is 12.7. The zero-order chi connectivity index (χ0) is 46.7. The van der Waals surface area contributed by atoms with E-state index in [1.807, 2.05) is 105 Å². The Bertz CT molecular complexity index is 3270. The Kier molecular flexibility index (Phi) is 10.9. The van der Waals surface area contributed by atoms with Crippen LogP contribution in [0, 0.1) is 26.8 Å². The SMILES string of the molecule is [2H]C([2H])([2H])c1cc(-c2ccc(C(C)(C)C)cc2)c(-n2c(-c3cc(C)cc(C)c3O)nc3c(-c4[c-]c(-c5cc(-c6ccccc6)ccn5)cc(C(C)(C)C)c4)cccc32)cc1-c1ccccc1.[Pt]. The van der Waals surface area contributed by atoms with Gasteiger partial charge in [0.2, 0.25) is 0 Å². The van der Waals surface area contributed by atoms with Gasteiger partial charge in [0.05, 0.1) is 22.3 Å². The van der Waals surface area contributed by atoms with Crippen LogP contribution in [-0.2, 0) is 31.9 Å². The molecule has 0 amide bonds. The molecule has 9 aromatic rings. The summed E-state index contributed by atoms with van der Waals surface area (Å²) in [7, 11) is 0. The number of pyridine rings is 1. The van der Waals surface area contributed by atoms with Gasteiger partial charge in [-0.05, 0) is 112 Å². The number of para-hydroxylation sites is 1. The van der Waals surface area contributed by atoms with Crippen LogP contribution in [0.1, 0.15) is 73.5 Å². The van der Waals surface area contributed by atoms with Gasteiger partial charge in [0.1, 0.15) is 11.6 Å². The van der Waals surface area contributed by atoms with Crippen LogP contribution in [0.2, 0.25) is 0 Å². The van der Waals surface area contributed by atoms with Gasteiger partial charge >= 0.3 is 0 Å². The minimum absolute atomic E-state index is 0. The van der Waals surface area contributed by atoms with Gasteiger partial charge in [0, 0.05) is 42.6 Å². The number of hydrogen-bond acceptors (Lipinski definition) is 3. The van der Waals surface area contributed by atoms with Gasteiger partial charge in [-0.1, -0.05) is 162 Å². The second-order valence-corrected chi connectivity index (χ2v) is 18.8. The van der Waals surface area contributed by atoms with E-state index >= 15 is 0 Å². The van der Waals surface area contributed by atoms with Gasteiger partial charge in [0.25, 0.3) is 0 Å². The molecule has 0 aliphatic rings. The van der Waals surface area contributed by atoms with E-state index in [2.05, 4.69) is 119 Å². The molecular weight excluding hydrogens is 962 g/mol. The predicted octanol–water partition coefficient (Wildman–Crippen LogP) is 15.4. The Hall–Kier alpha value is -6.35. The molecule has 0 aliphatic heterocycles. The van der Waals surface area contributed by atoms with Crippen molar-refractivity contribution in [3.8, 4) is 78.6 Å². The first-order valence-corrected chi connectivity index (χ1v) is 21.6. The molecule has 0 saturated heterocycles. The van der Waals surface area contributed by atoms with Crippen molar-refractivity contribution in [1.82, 2.24) is 14.5 Å². The summed E-state index contributed by atoms with van der Waals surface area (Å²) in [4.78, 5) is 10.4. The van der Waals surface area contributed by atoms with E-state index in [-0.39, 0.29) is 43.2 Å². The maximum absolute atomic E-state index is 12.0. The van der Waals surface area contributed by atoms with Crippen LogP contribution >= 0.6 is 0 Å². The molecule has 9 rings (SSSR count). The number of hydrogen-bond donors (Lipinski definition) is 1. The van der Waals surface area contributed by atoms with Crippen molar-refractivity contribution in [3.63, 3.8) is 0 Å². The molecule has 0 radical (unpaired) electrons. The number of fused-ring (bicyclic) bond motifs is 1. The van der Waals surface area contributed by atoms with Crippen LogP contribution in [0.5, 0.6) is 5.75 Å². The minimum Gasteiger partial charge on any atom is -0.507 e. The summed E-state index contributed by atoms with van der Waals surface area (Å²) in [6.45, 7) is 14.7. The Morgan fingerprint density at radius 3 is 1.89 bits per heavy atom. The number of aromatic nitrogens is 3. The van der Waals surface area contributed by atoms with Crippen LogP contribution in [0.15, 0.2) is 158 Å². The molecular formula is C59H54N3OPt-. The van der Waals surface area contributed by atoms with Crippen LogP contribution in [0.25, 0.3) is 83.9 Å². The molecule has 0 saturated carbocycles. The fraction of sp³-hybridized carbons (Fsp3) is 0.186. The summed E-state index contributed by atoms with van der Waals surface area (Å²) >= 11 is 0.